The molecule has 6 rings (SSSR count). The van der Waals surface area contributed by atoms with Gasteiger partial charge in [0.25, 0.3) is 0 Å². The summed E-state index contributed by atoms with van der Waals surface area (Å²) >= 11 is 0. The van der Waals surface area contributed by atoms with Gasteiger partial charge < -0.3 is 14.6 Å². The van der Waals surface area contributed by atoms with Crippen LogP contribution in [0.4, 0.5) is 0 Å². The first-order valence-corrected chi connectivity index (χ1v) is 14.8. The van der Waals surface area contributed by atoms with Crippen LogP contribution in [-0.4, -0.2) is 40.8 Å². The van der Waals surface area contributed by atoms with Gasteiger partial charge in [0.05, 0.1) is 17.8 Å². The summed E-state index contributed by atoms with van der Waals surface area (Å²) in [6.07, 6.45) is 9.25. The van der Waals surface area contributed by atoms with Gasteiger partial charge in [0.1, 0.15) is 5.78 Å². The summed E-state index contributed by atoms with van der Waals surface area (Å²) in [6.45, 7) is 14.4. The molecule has 5 unspecified atom stereocenters. The predicted molar refractivity (Wildman–Crippen MR) is 137 cm³/mol. The lowest BCUT2D eigenvalue weighted by molar-refractivity contribution is -0.200. The molecule has 0 bridgehead atoms. The van der Waals surface area contributed by atoms with Gasteiger partial charge in [-0.25, -0.2) is 0 Å². The molecule has 1 aliphatic heterocycles. The number of esters is 1. The van der Waals surface area contributed by atoms with Gasteiger partial charge >= 0.3 is 5.97 Å². The maximum Gasteiger partial charge on any atom is 0.303 e. The first-order chi connectivity index (χ1) is 16.7. The normalized spacial score (nSPS) is 51.7. The Balaban J connectivity index is 1.27. The molecule has 202 valence electrons. The highest BCUT2D eigenvalue weighted by Gasteiger charge is 2.84. The zero-order chi connectivity index (χ0) is 26.1. The molecular weight excluding hydrogens is 452 g/mol. The number of ether oxygens (including phenoxy) is 2. The van der Waals surface area contributed by atoms with Crippen molar-refractivity contribution >= 4 is 11.8 Å². The van der Waals surface area contributed by atoms with Crippen LogP contribution in [-0.2, 0) is 19.1 Å². The van der Waals surface area contributed by atoms with Crippen molar-refractivity contribution in [2.45, 2.75) is 130 Å². The molecular formula is C31H48O5. The first kappa shape index (κ1) is 25.3. The van der Waals surface area contributed by atoms with Gasteiger partial charge in [-0.2, -0.15) is 0 Å². The molecule has 0 aromatic heterocycles. The molecule has 0 amide bonds. The third-order valence-electron chi connectivity index (χ3n) is 13.4. The number of ketones is 1. The standard InChI is InChI=1S/C31H48O5/c1-17-30-15-14-29(7)20-8-10-22(26(28(5,6)34)35-18(2)32)36-23(20)16-21(29)19(30)9-11-24-27(3,4)25(33)12-13-31(17,24)30/h17,19-24,26,34H,8-16H2,1-7H3/t17-,19-,20?,21?,22+,23?,24?,26-,29+,30-,31?/m0/s1. The zero-order valence-electron chi connectivity index (χ0n) is 23.6. The van der Waals surface area contributed by atoms with Gasteiger partial charge in [-0.05, 0) is 111 Å². The number of hydrogen-bond acceptors (Lipinski definition) is 5. The second-order valence-corrected chi connectivity index (χ2v) is 15.1. The van der Waals surface area contributed by atoms with Crippen LogP contribution in [0.5, 0.6) is 0 Å². The SMILES string of the molecule is CC(=O)O[C@@H]([C@H]1CCC2C(CC3[C@@H]4CCC5C(C)(C)C(=O)CCC56[C@@H](C)[C@@]46CC[C@]23C)O1)C(C)(C)O. The van der Waals surface area contributed by atoms with E-state index >= 15 is 0 Å². The van der Waals surface area contributed by atoms with Gasteiger partial charge in [0, 0.05) is 18.8 Å². The average molecular weight is 501 g/mol. The Kier molecular flexibility index (Phi) is 5.34. The van der Waals surface area contributed by atoms with Crippen LogP contribution >= 0.6 is 0 Å². The van der Waals surface area contributed by atoms with E-state index in [4.69, 9.17) is 9.47 Å². The van der Waals surface area contributed by atoms with Crippen molar-refractivity contribution in [2.75, 3.05) is 0 Å². The Morgan fingerprint density at radius 3 is 2.39 bits per heavy atom. The second-order valence-electron chi connectivity index (χ2n) is 15.1. The number of rotatable bonds is 3. The van der Waals surface area contributed by atoms with E-state index in [1.165, 1.54) is 32.6 Å². The summed E-state index contributed by atoms with van der Waals surface area (Å²) in [5, 5.41) is 10.8. The molecule has 0 aromatic carbocycles. The van der Waals surface area contributed by atoms with Gasteiger partial charge in [-0.1, -0.05) is 27.7 Å². The van der Waals surface area contributed by atoms with Crippen molar-refractivity contribution in [3.8, 4) is 0 Å². The van der Waals surface area contributed by atoms with Crippen LogP contribution in [0.15, 0.2) is 0 Å². The van der Waals surface area contributed by atoms with Crippen molar-refractivity contribution in [3.05, 3.63) is 0 Å². The van der Waals surface area contributed by atoms with E-state index in [1.807, 2.05) is 0 Å². The van der Waals surface area contributed by atoms with Gasteiger partial charge in [-0.15, -0.1) is 0 Å². The topological polar surface area (TPSA) is 72.8 Å². The minimum atomic E-state index is -1.14. The van der Waals surface area contributed by atoms with E-state index in [-0.39, 0.29) is 23.6 Å². The number of Topliss-reactive ketones (excluding diaryl/α,β-unsaturated/α-hetero) is 1. The van der Waals surface area contributed by atoms with E-state index in [0.717, 1.165) is 43.9 Å². The molecule has 11 atom stereocenters. The number of aliphatic hydroxyl groups is 1. The highest BCUT2D eigenvalue weighted by molar-refractivity contribution is 5.86. The second kappa shape index (κ2) is 7.58. The summed E-state index contributed by atoms with van der Waals surface area (Å²) in [5.41, 5.74) is -0.231. The smallest absolute Gasteiger partial charge is 0.303 e. The quantitative estimate of drug-likeness (QED) is 0.503. The highest BCUT2D eigenvalue weighted by atomic mass is 16.6. The molecule has 6 aliphatic rings. The summed E-state index contributed by atoms with van der Waals surface area (Å²) < 4.78 is 12.4. The molecule has 5 saturated carbocycles. The fourth-order valence-corrected chi connectivity index (χ4v) is 11.9. The molecule has 6 fully saturated rings. The maximum absolute atomic E-state index is 13.0. The number of hydrogen-bond donors (Lipinski definition) is 1. The van der Waals surface area contributed by atoms with Crippen molar-refractivity contribution in [1.29, 1.82) is 0 Å². The summed E-state index contributed by atoms with van der Waals surface area (Å²) in [7, 11) is 0. The van der Waals surface area contributed by atoms with Crippen LogP contribution in [0.1, 0.15) is 106 Å². The van der Waals surface area contributed by atoms with Crippen LogP contribution < -0.4 is 0 Å². The Morgan fingerprint density at radius 2 is 1.72 bits per heavy atom. The molecule has 1 N–H and O–H groups in total. The molecule has 2 spiro atoms. The van der Waals surface area contributed by atoms with E-state index in [9.17, 15) is 14.7 Å². The van der Waals surface area contributed by atoms with Gasteiger partial charge in [-0.3, -0.25) is 9.59 Å². The van der Waals surface area contributed by atoms with E-state index in [2.05, 4.69) is 27.7 Å². The molecule has 5 nitrogen and oxygen atoms in total. The van der Waals surface area contributed by atoms with Crippen molar-refractivity contribution in [2.24, 2.45) is 51.2 Å². The number of carbonyl (C=O) groups excluding carboxylic acids is 2. The van der Waals surface area contributed by atoms with Crippen molar-refractivity contribution in [3.63, 3.8) is 0 Å². The van der Waals surface area contributed by atoms with Gasteiger partial charge in [0.2, 0.25) is 0 Å². The fraction of sp³-hybridized carbons (Fsp3) is 0.935. The minimum absolute atomic E-state index is 0.176. The lowest BCUT2D eigenvalue weighted by atomic mass is 9.46. The van der Waals surface area contributed by atoms with E-state index < -0.39 is 11.7 Å². The Morgan fingerprint density at radius 1 is 1.03 bits per heavy atom. The summed E-state index contributed by atoms with van der Waals surface area (Å²) in [4.78, 5) is 24.8. The Bertz CT molecular complexity index is 965. The maximum atomic E-state index is 13.0. The van der Waals surface area contributed by atoms with Crippen molar-refractivity contribution < 1.29 is 24.2 Å². The van der Waals surface area contributed by atoms with Crippen LogP contribution in [0.25, 0.3) is 0 Å². The Hall–Kier alpha value is -0.940. The summed E-state index contributed by atoms with van der Waals surface area (Å²) in [6, 6.07) is 0. The minimum Gasteiger partial charge on any atom is -0.457 e. The highest BCUT2D eigenvalue weighted by Crippen LogP contribution is 2.89. The first-order valence-electron chi connectivity index (χ1n) is 14.8. The fourth-order valence-electron chi connectivity index (χ4n) is 11.9. The Labute approximate surface area is 217 Å². The molecule has 1 saturated heterocycles. The molecule has 5 heteroatoms. The average Bonchev–Trinajstić information content (AvgIpc) is 3.17. The van der Waals surface area contributed by atoms with E-state index in [1.54, 1.807) is 13.8 Å². The van der Waals surface area contributed by atoms with Crippen LogP contribution in [0.3, 0.4) is 0 Å². The number of fused-ring (bicyclic) bond motifs is 4. The van der Waals surface area contributed by atoms with Crippen LogP contribution in [0.2, 0.25) is 0 Å². The largest absolute Gasteiger partial charge is 0.457 e. The van der Waals surface area contributed by atoms with Gasteiger partial charge in [0.15, 0.2) is 6.10 Å². The van der Waals surface area contributed by atoms with Crippen molar-refractivity contribution in [1.82, 2.24) is 0 Å². The lowest BCUT2D eigenvalue weighted by Gasteiger charge is -2.57. The predicted octanol–water partition coefficient (Wildman–Crippen LogP) is 5.71. The third kappa shape index (κ3) is 2.96. The molecule has 0 aromatic rings. The lowest BCUT2D eigenvalue weighted by Crippen LogP contribution is -2.54. The van der Waals surface area contributed by atoms with Crippen LogP contribution in [0, 0.1) is 51.2 Å². The number of carbonyl (C=O) groups is 2. The monoisotopic (exact) mass is 500 g/mol. The molecule has 5 aliphatic carbocycles. The summed E-state index contributed by atoms with van der Waals surface area (Å²) in [5.74, 6) is 3.34. The molecule has 0 radical (unpaired) electrons. The molecule has 36 heavy (non-hydrogen) atoms. The van der Waals surface area contributed by atoms with E-state index in [0.29, 0.717) is 39.8 Å². The third-order valence-corrected chi connectivity index (χ3v) is 13.4. The molecule has 1 heterocycles. The zero-order valence-corrected chi connectivity index (χ0v) is 23.6.